The van der Waals surface area contributed by atoms with Crippen LogP contribution in [-0.4, -0.2) is 47.4 Å². The van der Waals surface area contributed by atoms with Crippen LogP contribution in [0.2, 0.25) is 0 Å². The van der Waals surface area contributed by atoms with Crippen LogP contribution in [0.15, 0.2) is 53.6 Å². The van der Waals surface area contributed by atoms with Gasteiger partial charge in [0.25, 0.3) is 0 Å². The van der Waals surface area contributed by atoms with Gasteiger partial charge in [0.15, 0.2) is 0 Å². The number of benzene rings is 2. The highest BCUT2D eigenvalue weighted by Crippen LogP contribution is 2.21. The molecule has 1 unspecified atom stereocenters. The van der Waals surface area contributed by atoms with Crippen LogP contribution in [0.1, 0.15) is 17.7 Å². The topological polar surface area (TPSA) is 82.6 Å². The minimum atomic E-state index is -0.0480. The van der Waals surface area contributed by atoms with E-state index in [-0.39, 0.29) is 11.8 Å². The second-order valence-electron chi connectivity index (χ2n) is 6.96. The molecule has 7 heteroatoms. The van der Waals surface area contributed by atoms with Crippen molar-refractivity contribution in [2.24, 2.45) is 11.0 Å². The van der Waals surface area contributed by atoms with Gasteiger partial charge in [-0.2, -0.15) is 10.2 Å². The number of hydrazone groups is 1. The highest BCUT2D eigenvalue weighted by atomic mass is 16.5. The lowest BCUT2D eigenvalue weighted by Gasteiger charge is -2.15. The SMILES string of the molecule is COc1ccc2n[nH]c(/C=N/NC(=O)C3CCN(Cc4ccccc4)C3)c2c1. The number of fused-ring (bicyclic) bond motifs is 1. The van der Waals surface area contributed by atoms with Crippen molar-refractivity contribution in [1.29, 1.82) is 0 Å². The van der Waals surface area contributed by atoms with Crippen LogP contribution in [0.25, 0.3) is 10.9 Å². The lowest BCUT2D eigenvalue weighted by molar-refractivity contribution is -0.124. The summed E-state index contributed by atoms with van der Waals surface area (Å²) in [6.07, 6.45) is 2.43. The van der Waals surface area contributed by atoms with E-state index < -0.39 is 0 Å². The number of ether oxygens (including phenoxy) is 1. The lowest BCUT2D eigenvalue weighted by atomic mass is 10.1. The van der Waals surface area contributed by atoms with Crippen LogP contribution < -0.4 is 10.2 Å². The summed E-state index contributed by atoms with van der Waals surface area (Å²) in [4.78, 5) is 14.7. The minimum absolute atomic E-state index is 0.0422. The summed E-state index contributed by atoms with van der Waals surface area (Å²) in [5.74, 6) is 0.657. The molecule has 1 aliphatic rings. The fraction of sp³-hybridized carbons (Fsp3) is 0.286. The van der Waals surface area contributed by atoms with Gasteiger partial charge in [0.05, 0.1) is 30.5 Å². The maximum Gasteiger partial charge on any atom is 0.244 e. The van der Waals surface area contributed by atoms with Crippen molar-refractivity contribution >= 4 is 23.0 Å². The van der Waals surface area contributed by atoms with Crippen molar-refractivity contribution in [2.45, 2.75) is 13.0 Å². The molecule has 2 N–H and O–H groups in total. The maximum atomic E-state index is 12.4. The largest absolute Gasteiger partial charge is 0.497 e. The van der Waals surface area contributed by atoms with Crippen molar-refractivity contribution in [3.8, 4) is 5.75 Å². The molecule has 0 spiro atoms. The van der Waals surface area contributed by atoms with Crippen molar-refractivity contribution in [3.05, 3.63) is 59.8 Å². The average molecular weight is 377 g/mol. The molecule has 1 fully saturated rings. The van der Waals surface area contributed by atoms with E-state index in [4.69, 9.17) is 4.74 Å². The summed E-state index contributed by atoms with van der Waals surface area (Å²) < 4.78 is 5.25. The number of likely N-dealkylation sites (tertiary alicyclic amines) is 1. The molecule has 3 aromatic rings. The fourth-order valence-electron chi connectivity index (χ4n) is 3.52. The van der Waals surface area contributed by atoms with E-state index in [1.54, 1.807) is 13.3 Å². The standard InChI is InChI=1S/C21H23N5O2/c1-28-17-7-8-19-18(11-17)20(24-23-19)12-22-25-21(27)16-9-10-26(14-16)13-15-5-3-2-4-6-15/h2-8,11-12,16H,9-10,13-14H2,1H3,(H,23,24)(H,25,27)/b22-12+. The van der Waals surface area contributed by atoms with Gasteiger partial charge >= 0.3 is 0 Å². The quantitative estimate of drug-likeness (QED) is 0.511. The van der Waals surface area contributed by atoms with Crippen LogP contribution >= 0.6 is 0 Å². The smallest absolute Gasteiger partial charge is 0.244 e. The van der Waals surface area contributed by atoms with Gasteiger partial charge in [0.1, 0.15) is 5.75 Å². The van der Waals surface area contributed by atoms with E-state index in [0.29, 0.717) is 0 Å². The Bertz CT molecular complexity index is 983. The Balaban J connectivity index is 1.33. The molecule has 7 nitrogen and oxygen atoms in total. The monoisotopic (exact) mass is 377 g/mol. The summed E-state index contributed by atoms with van der Waals surface area (Å²) in [6.45, 7) is 2.54. The molecule has 1 saturated heterocycles. The second kappa shape index (κ2) is 8.22. The number of methoxy groups -OCH3 is 1. The number of hydrogen-bond acceptors (Lipinski definition) is 5. The zero-order valence-electron chi connectivity index (χ0n) is 15.8. The Labute approximate surface area is 163 Å². The number of nitrogens with zero attached hydrogens (tertiary/aromatic N) is 3. The molecule has 0 saturated carbocycles. The van der Waals surface area contributed by atoms with E-state index >= 15 is 0 Å². The molecule has 0 bridgehead atoms. The number of aromatic amines is 1. The Kier molecular flexibility index (Phi) is 5.34. The third-order valence-electron chi connectivity index (χ3n) is 5.05. The highest BCUT2D eigenvalue weighted by molar-refractivity contribution is 5.97. The van der Waals surface area contributed by atoms with Gasteiger partial charge in [-0.25, -0.2) is 5.43 Å². The predicted molar refractivity (Wildman–Crippen MR) is 108 cm³/mol. The Hall–Kier alpha value is -3.19. The first-order valence-corrected chi connectivity index (χ1v) is 9.34. The van der Waals surface area contributed by atoms with E-state index in [9.17, 15) is 4.79 Å². The molecule has 144 valence electrons. The number of rotatable bonds is 6. The molecule has 4 rings (SSSR count). The number of hydrogen-bond donors (Lipinski definition) is 2. The van der Waals surface area contributed by atoms with E-state index in [2.05, 4.69) is 37.8 Å². The van der Waals surface area contributed by atoms with Gasteiger partial charge < -0.3 is 4.74 Å². The molecular formula is C21H23N5O2. The third kappa shape index (κ3) is 4.04. The molecule has 1 aromatic heterocycles. The highest BCUT2D eigenvalue weighted by Gasteiger charge is 2.28. The predicted octanol–water partition coefficient (Wildman–Crippen LogP) is 2.54. The molecule has 1 amide bonds. The number of nitrogens with one attached hydrogen (secondary N) is 2. The van der Waals surface area contributed by atoms with Crippen molar-refractivity contribution in [1.82, 2.24) is 20.5 Å². The summed E-state index contributed by atoms with van der Waals surface area (Å²) >= 11 is 0. The van der Waals surface area contributed by atoms with E-state index in [1.165, 1.54) is 5.56 Å². The summed E-state index contributed by atoms with van der Waals surface area (Å²) in [5.41, 5.74) is 5.48. The van der Waals surface area contributed by atoms with Crippen molar-refractivity contribution in [2.75, 3.05) is 20.2 Å². The van der Waals surface area contributed by atoms with Gasteiger partial charge in [-0.05, 0) is 36.7 Å². The van der Waals surface area contributed by atoms with Crippen LogP contribution in [0.3, 0.4) is 0 Å². The normalized spacial score (nSPS) is 17.4. The number of H-pyrrole nitrogens is 1. The Morgan fingerprint density at radius 1 is 1.36 bits per heavy atom. The molecular weight excluding hydrogens is 354 g/mol. The average Bonchev–Trinajstić information content (AvgIpc) is 3.35. The van der Waals surface area contributed by atoms with Crippen molar-refractivity contribution in [3.63, 3.8) is 0 Å². The first kappa shape index (κ1) is 18.2. The molecule has 2 aromatic carbocycles. The second-order valence-corrected chi connectivity index (χ2v) is 6.96. The third-order valence-corrected chi connectivity index (χ3v) is 5.05. The zero-order chi connectivity index (χ0) is 19.3. The number of carbonyl (C=O) groups is 1. The zero-order valence-corrected chi connectivity index (χ0v) is 15.8. The van der Waals surface area contributed by atoms with Gasteiger partial charge in [-0.3, -0.25) is 14.8 Å². The number of carbonyl (C=O) groups excluding carboxylic acids is 1. The van der Waals surface area contributed by atoms with E-state index in [0.717, 1.165) is 48.4 Å². The molecule has 28 heavy (non-hydrogen) atoms. The Morgan fingerprint density at radius 2 is 2.21 bits per heavy atom. The first-order valence-electron chi connectivity index (χ1n) is 9.34. The van der Waals surface area contributed by atoms with Gasteiger partial charge in [0, 0.05) is 18.5 Å². The van der Waals surface area contributed by atoms with Gasteiger partial charge in [-0.15, -0.1) is 0 Å². The summed E-state index contributed by atoms with van der Waals surface area (Å²) in [7, 11) is 1.62. The van der Waals surface area contributed by atoms with Crippen LogP contribution in [0, 0.1) is 5.92 Å². The minimum Gasteiger partial charge on any atom is -0.497 e. The van der Waals surface area contributed by atoms with Gasteiger partial charge in [-0.1, -0.05) is 30.3 Å². The first-order chi connectivity index (χ1) is 13.7. The molecule has 0 radical (unpaired) electrons. The van der Waals surface area contributed by atoms with Gasteiger partial charge in [0.2, 0.25) is 5.91 Å². The lowest BCUT2D eigenvalue weighted by Crippen LogP contribution is -2.29. The van der Waals surface area contributed by atoms with Crippen molar-refractivity contribution < 1.29 is 9.53 Å². The molecule has 1 aliphatic heterocycles. The Morgan fingerprint density at radius 3 is 3.04 bits per heavy atom. The summed E-state index contributed by atoms with van der Waals surface area (Å²) in [5, 5.41) is 12.2. The number of amides is 1. The van der Waals surface area contributed by atoms with Crippen LogP contribution in [0.4, 0.5) is 0 Å². The number of aromatic nitrogens is 2. The molecule has 0 aliphatic carbocycles. The van der Waals surface area contributed by atoms with Crippen LogP contribution in [0.5, 0.6) is 5.75 Å². The fourth-order valence-corrected chi connectivity index (χ4v) is 3.52. The van der Waals surface area contributed by atoms with Crippen LogP contribution in [-0.2, 0) is 11.3 Å². The van der Waals surface area contributed by atoms with E-state index in [1.807, 2.05) is 36.4 Å². The maximum absolute atomic E-state index is 12.4. The summed E-state index contributed by atoms with van der Waals surface area (Å²) in [6, 6.07) is 15.9. The molecule has 1 atom stereocenters. The molecule has 2 heterocycles.